The van der Waals surface area contributed by atoms with Crippen LogP contribution in [0.15, 0.2) is 24.3 Å². The van der Waals surface area contributed by atoms with Crippen molar-refractivity contribution >= 4 is 11.8 Å². The minimum absolute atomic E-state index is 0.0977. The van der Waals surface area contributed by atoms with Gasteiger partial charge in [0.1, 0.15) is 5.82 Å². The van der Waals surface area contributed by atoms with Gasteiger partial charge in [0, 0.05) is 42.9 Å². The molecule has 0 spiro atoms. The van der Waals surface area contributed by atoms with E-state index in [1.54, 1.807) is 6.07 Å². The van der Waals surface area contributed by atoms with Gasteiger partial charge in [-0.3, -0.25) is 9.59 Å². The molecule has 1 aliphatic rings. The molecule has 2 N–H and O–H groups in total. The van der Waals surface area contributed by atoms with Gasteiger partial charge in [-0.05, 0) is 38.8 Å². The lowest BCUT2D eigenvalue weighted by molar-refractivity contribution is -0.127. The van der Waals surface area contributed by atoms with Crippen LogP contribution in [0.25, 0.3) is 11.3 Å². The van der Waals surface area contributed by atoms with Crippen LogP contribution in [-0.4, -0.2) is 46.3 Å². The number of nitrogens with zero attached hydrogens (tertiary/aromatic N) is 2. The Morgan fingerprint density at radius 2 is 2.20 bits per heavy atom. The highest BCUT2D eigenvalue weighted by Gasteiger charge is 2.19. The van der Waals surface area contributed by atoms with Crippen molar-refractivity contribution in [3.8, 4) is 11.3 Å². The quantitative estimate of drug-likeness (QED) is 0.793. The van der Waals surface area contributed by atoms with Gasteiger partial charge >= 0.3 is 0 Å². The summed E-state index contributed by atoms with van der Waals surface area (Å²) in [7, 11) is 0. The molecule has 3 rings (SSSR count). The number of carbonyl (C=O) groups excluding carboxylic acids is 2. The largest absolute Gasteiger partial charge is 0.352 e. The first-order valence-electron chi connectivity index (χ1n) is 8.74. The molecular weight excluding hydrogens is 316 g/mol. The van der Waals surface area contributed by atoms with Crippen molar-refractivity contribution in [1.82, 2.24) is 20.2 Å². The third-order valence-electron chi connectivity index (χ3n) is 4.46. The Labute approximate surface area is 147 Å². The molecule has 2 heterocycles. The number of hydrogen-bond acceptors (Lipinski definition) is 3. The van der Waals surface area contributed by atoms with E-state index in [-0.39, 0.29) is 11.8 Å². The van der Waals surface area contributed by atoms with Crippen LogP contribution >= 0.6 is 0 Å². The van der Waals surface area contributed by atoms with Gasteiger partial charge in [0.05, 0.1) is 5.69 Å². The van der Waals surface area contributed by atoms with Gasteiger partial charge in [-0.2, -0.15) is 0 Å². The molecule has 0 unspecified atom stereocenters. The van der Waals surface area contributed by atoms with E-state index in [4.69, 9.17) is 0 Å². The molecule has 25 heavy (non-hydrogen) atoms. The highest BCUT2D eigenvalue weighted by Crippen LogP contribution is 2.22. The smallest absolute Gasteiger partial charge is 0.251 e. The third kappa shape index (κ3) is 4.07. The molecule has 2 aromatic rings. The molecule has 1 saturated heterocycles. The van der Waals surface area contributed by atoms with Gasteiger partial charge in [-0.1, -0.05) is 12.1 Å². The van der Waals surface area contributed by atoms with Gasteiger partial charge in [0.15, 0.2) is 0 Å². The standard InChI is InChI=1S/C19H24N4O2/c1-13-18(22-14(2)21-13)15-6-3-7-16(12-15)19(25)20-9-5-11-23-10-4-8-17(23)24/h3,6-7,12H,4-5,8-11H2,1-2H3,(H,20,25)(H,21,22). The number of aryl methyl sites for hydroxylation is 2. The first kappa shape index (κ1) is 17.2. The van der Waals surface area contributed by atoms with Crippen molar-refractivity contribution in [2.45, 2.75) is 33.1 Å². The van der Waals surface area contributed by atoms with Gasteiger partial charge < -0.3 is 15.2 Å². The Morgan fingerprint density at radius 1 is 1.36 bits per heavy atom. The number of amides is 2. The summed E-state index contributed by atoms with van der Waals surface area (Å²) in [5.74, 6) is 0.988. The molecular formula is C19H24N4O2. The van der Waals surface area contributed by atoms with Crippen LogP contribution in [0.5, 0.6) is 0 Å². The van der Waals surface area contributed by atoms with E-state index in [9.17, 15) is 9.59 Å². The molecule has 132 valence electrons. The fraction of sp³-hybridized carbons (Fsp3) is 0.421. The average molecular weight is 340 g/mol. The summed E-state index contributed by atoms with van der Waals surface area (Å²) in [5, 5.41) is 2.93. The number of benzene rings is 1. The number of aromatic amines is 1. The van der Waals surface area contributed by atoms with Crippen molar-refractivity contribution in [1.29, 1.82) is 0 Å². The number of rotatable bonds is 6. The van der Waals surface area contributed by atoms with Crippen molar-refractivity contribution in [2.75, 3.05) is 19.6 Å². The molecule has 0 aliphatic carbocycles. The number of likely N-dealkylation sites (tertiary alicyclic amines) is 1. The van der Waals surface area contributed by atoms with Crippen LogP contribution in [0, 0.1) is 13.8 Å². The van der Waals surface area contributed by atoms with E-state index in [1.165, 1.54) is 0 Å². The lowest BCUT2D eigenvalue weighted by Gasteiger charge is -2.15. The van der Waals surface area contributed by atoms with Gasteiger partial charge in [-0.15, -0.1) is 0 Å². The second-order valence-corrected chi connectivity index (χ2v) is 6.47. The second kappa shape index (κ2) is 7.51. The van der Waals surface area contributed by atoms with Gasteiger partial charge in [-0.25, -0.2) is 4.98 Å². The van der Waals surface area contributed by atoms with Crippen LogP contribution in [0.2, 0.25) is 0 Å². The third-order valence-corrected chi connectivity index (χ3v) is 4.46. The average Bonchev–Trinajstić information content (AvgIpc) is 3.16. The Balaban J connectivity index is 1.56. The second-order valence-electron chi connectivity index (χ2n) is 6.47. The lowest BCUT2D eigenvalue weighted by atomic mass is 10.1. The molecule has 0 saturated carbocycles. The topological polar surface area (TPSA) is 78.1 Å². The van der Waals surface area contributed by atoms with E-state index in [1.807, 2.05) is 36.9 Å². The van der Waals surface area contributed by atoms with Crippen LogP contribution in [0.4, 0.5) is 0 Å². The molecule has 1 fully saturated rings. The van der Waals surface area contributed by atoms with Gasteiger partial charge in [0.2, 0.25) is 5.91 Å². The Kier molecular flexibility index (Phi) is 5.16. The van der Waals surface area contributed by atoms with E-state index in [2.05, 4.69) is 15.3 Å². The van der Waals surface area contributed by atoms with E-state index in [0.29, 0.717) is 25.1 Å². The predicted octanol–water partition coefficient (Wildman–Crippen LogP) is 2.44. The minimum atomic E-state index is -0.0977. The van der Waals surface area contributed by atoms with Crippen LogP contribution in [0.3, 0.4) is 0 Å². The SMILES string of the molecule is Cc1nc(-c2cccc(C(=O)NCCCN3CCCC3=O)c2)c(C)[nH]1. The normalized spacial score (nSPS) is 14.2. The monoisotopic (exact) mass is 340 g/mol. The van der Waals surface area contributed by atoms with Crippen LogP contribution in [-0.2, 0) is 4.79 Å². The Hall–Kier alpha value is -2.63. The van der Waals surface area contributed by atoms with Crippen molar-refractivity contribution in [2.24, 2.45) is 0 Å². The number of aromatic nitrogens is 2. The summed E-state index contributed by atoms with van der Waals surface area (Å²) in [6.07, 6.45) is 2.38. The van der Waals surface area contributed by atoms with Crippen LogP contribution in [0.1, 0.15) is 41.1 Å². The predicted molar refractivity (Wildman–Crippen MR) is 96.3 cm³/mol. The Morgan fingerprint density at radius 3 is 2.88 bits per heavy atom. The first-order valence-corrected chi connectivity index (χ1v) is 8.74. The number of hydrogen-bond donors (Lipinski definition) is 2. The summed E-state index contributed by atoms with van der Waals surface area (Å²) in [6, 6.07) is 7.49. The summed E-state index contributed by atoms with van der Waals surface area (Å²) >= 11 is 0. The number of nitrogens with one attached hydrogen (secondary N) is 2. The minimum Gasteiger partial charge on any atom is -0.352 e. The Bertz CT molecular complexity index is 781. The molecule has 0 bridgehead atoms. The molecule has 6 nitrogen and oxygen atoms in total. The molecule has 1 aromatic heterocycles. The zero-order valence-corrected chi connectivity index (χ0v) is 14.8. The van der Waals surface area contributed by atoms with E-state index >= 15 is 0 Å². The maximum Gasteiger partial charge on any atom is 0.251 e. The zero-order chi connectivity index (χ0) is 17.8. The van der Waals surface area contributed by atoms with Crippen molar-refractivity contribution < 1.29 is 9.59 Å². The van der Waals surface area contributed by atoms with E-state index < -0.39 is 0 Å². The lowest BCUT2D eigenvalue weighted by Crippen LogP contribution is -2.30. The number of carbonyl (C=O) groups is 2. The number of H-pyrrole nitrogens is 1. The number of imidazole rings is 1. The molecule has 6 heteroatoms. The molecule has 0 atom stereocenters. The molecule has 1 aromatic carbocycles. The molecule has 1 aliphatic heterocycles. The molecule has 2 amide bonds. The fourth-order valence-corrected chi connectivity index (χ4v) is 3.21. The first-order chi connectivity index (χ1) is 12.0. The highest BCUT2D eigenvalue weighted by molar-refractivity contribution is 5.95. The van der Waals surface area contributed by atoms with Crippen molar-refractivity contribution in [3.63, 3.8) is 0 Å². The van der Waals surface area contributed by atoms with Gasteiger partial charge in [0.25, 0.3) is 5.91 Å². The highest BCUT2D eigenvalue weighted by atomic mass is 16.2. The van der Waals surface area contributed by atoms with Crippen LogP contribution < -0.4 is 5.32 Å². The summed E-state index contributed by atoms with van der Waals surface area (Å²) in [6.45, 7) is 6.01. The maximum atomic E-state index is 12.4. The van der Waals surface area contributed by atoms with Crippen molar-refractivity contribution in [3.05, 3.63) is 41.3 Å². The molecule has 0 radical (unpaired) electrons. The van der Waals surface area contributed by atoms with E-state index in [0.717, 1.165) is 42.2 Å². The summed E-state index contributed by atoms with van der Waals surface area (Å²) in [4.78, 5) is 33.5. The maximum absolute atomic E-state index is 12.4. The summed E-state index contributed by atoms with van der Waals surface area (Å²) < 4.78 is 0. The summed E-state index contributed by atoms with van der Waals surface area (Å²) in [5.41, 5.74) is 3.41. The fourth-order valence-electron chi connectivity index (χ4n) is 3.21. The zero-order valence-electron chi connectivity index (χ0n) is 14.8.